The number of aromatic hydroxyl groups is 1. The lowest BCUT2D eigenvalue weighted by Gasteiger charge is -2.10. The topological polar surface area (TPSA) is 72.8 Å². The van der Waals surface area contributed by atoms with Crippen LogP contribution in [0.2, 0.25) is 0 Å². The standard InChI is InChI=1S/C16H16O5/c1-10(2)21-14(17)9-20-16(19)13-8-7-11-5-3-4-6-12(11)15(13)18/h3-8,10,18H,9H2,1-2H3. The molecule has 0 fully saturated rings. The fraction of sp³-hybridized carbons (Fsp3) is 0.250. The van der Waals surface area contributed by atoms with Crippen LogP contribution >= 0.6 is 0 Å². The summed E-state index contributed by atoms with van der Waals surface area (Å²) in [6.45, 7) is 2.92. The number of phenols is 1. The van der Waals surface area contributed by atoms with E-state index in [1.807, 2.05) is 12.1 Å². The zero-order valence-electron chi connectivity index (χ0n) is 11.8. The second kappa shape index (κ2) is 6.26. The molecular formula is C16H16O5. The lowest BCUT2D eigenvalue weighted by Crippen LogP contribution is -2.19. The molecule has 0 aliphatic carbocycles. The van der Waals surface area contributed by atoms with Crippen LogP contribution in [0.5, 0.6) is 5.75 Å². The van der Waals surface area contributed by atoms with E-state index in [2.05, 4.69) is 0 Å². The van der Waals surface area contributed by atoms with E-state index in [4.69, 9.17) is 9.47 Å². The van der Waals surface area contributed by atoms with Crippen molar-refractivity contribution in [2.24, 2.45) is 0 Å². The third-order valence-electron chi connectivity index (χ3n) is 2.81. The lowest BCUT2D eigenvalue weighted by molar-refractivity contribution is -0.150. The number of benzene rings is 2. The van der Waals surface area contributed by atoms with Gasteiger partial charge in [-0.25, -0.2) is 9.59 Å². The van der Waals surface area contributed by atoms with Crippen molar-refractivity contribution in [1.29, 1.82) is 0 Å². The molecular weight excluding hydrogens is 272 g/mol. The van der Waals surface area contributed by atoms with Crippen LogP contribution in [0.3, 0.4) is 0 Å². The third-order valence-corrected chi connectivity index (χ3v) is 2.81. The van der Waals surface area contributed by atoms with Gasteiger partial charge in [0, 0.05) is 5.39 Å². The van der Waals surface area contributed by atoms with Crippen LogP contribution in [0.25, 0.3) is 10.8 Å². The van der Waals surface area contributed by atoms with E-state index >= 15 is 0 Å². The van der Waals surface area contributed by atoms with E-state index in [9.17, 15) is 14.7 Å². The van der Waals surface area contributed by atoms with Crippen molar-refractivity contribution >= 4 is 22.7 Å². The molecule has 0 amide bonds. The zero-order chi connectivity index (χ0) is 15.4. The Morgan fingerprint density at radius 2 is 1.86 bits per heavy atom. The third kappa shape index (κ3) is 3.51. The van der Waals surface area contributed by atoms with Crippen LogP contribution in [-0.4, -0.2) is 29.8 Å². The van der Waals surface area contributed by atoms with Gasteiger partial charge in [0.1, 0.15) is 11.3 Å². The molecule has 0 aliphatic rings. The Hall–Kier alpha value is -2.56. The minimum atomic E-state index is -0.765. The molecule has 0 aliphatic heterocycles. The number of rotatable bonds is 4. The van der Waals surface area contributed by atoms with Crippen molar-refractivity contribution in [2.75, 3.05) is 6.61 Å². The molecule has 2 rings (SSSR count). The fourth-order valence-electron chi connectivity index (χ4n) is 1.92. The smallest absolute Gasteiger partial charge is 0.344 e. The van der Waals surface area contributed by atoms with E-state index in [1.54, 1.807) is 32.0 Å². The number of carbonyl (C=O) groups excluding carboxylic acids is 2. The second-order valence-electron chi connectivity index (χ2n) is 4.80. The minimum Gasteiger partial charge on any atom is -0.506 e. The largest absolute Gasteiger partial charge is 0.506 e. The summed E-state index contributed by atoms with van der Waals surface area (Å²) >= 11 is 0. The molecule has 0 heterocycles. The summed E-state index contributed by atoms with van der Waals surface area (Å²) in [5, 5.41) is 11.5. The van der Waals surface area contributed by atoms with Crippen molar-refractivity contribution in [2.45, 2.75) is 20.0 Å². The summed E-state index contributed by atoms with van der Waals surface area (Å²) in [5.41, 5.74) is 0.0195. The summed E-state index contributed by atoms with van der Waals surface area (Å²) in [6.07, 6.45) is -0.273. The van der Waals surface area contributed by atoms with E-state index in [0.29, 0.717) is 5.39 Å². The van der Waals surface area contributed by atoms with Crippen molar-refractivity contribution in [1.82, 2.24) is 0 Å². The zero-order valence-corrected chi connectivity index (χ0v) is 11.8. The van der Waals surface area contributed by atoms with Crippen LogP contribution in [0.15, 0.2) is 36.4 Å². The molecule has 5 heteroatoms. The molecule has 0 spiro atoms. The highest BCUT2D eigenvalue weighted by Gasteiger charge is 2.17. The quantitative estimate of drug-likeness (QED) is 0.876. The summed E-state index contributed by atoms with van der Waals surface area (Å²) in [5.74, 6) is -1.55. The molecule has 21 heavy (non-hydrogen) atoms. The van der Waals surface area contributed by atoms with Crippen LogP contribution in [0.4, 0.5) is 0 Å². The summed E-state index contributed by atoms with van der Waals surface area (Å²) in [4.78, 5) is 23.2. The van der Waals surface area contributed by atoms with Gasteiger partial charge in [0.25, 0.3) is 0 Å². The molecule has 1 N–H and O–H groups in total. The first-order chi connectivity index (χ1) is 9.99. The first-order valence-electron chi connectivity index (χ1n) is 6.56. The highest BCUT2D eigenvalue weighted by molar-refractivity contribution is 6.01. The number of ether oxygens (including phenoxy) is 2. The van der Waals surface area contributed by atoms with E-state index in [-0.39, 0.29) is 17.4 Å². The number of fused-ring (bicyclic) bond motifs is 1. The fourth-order valence-corrected chi connectivity index (χ4v) is 1.92. The Bertz CT molecular complexity index is 675. The van der Waals surface area contributed by atoms with Crippen LogP contribution < -0.4 is 0 Å². The van der Waals surface area contributed by atoms with E-state index in [0.717, 1.165) is 5.39 Å². The predicted molar refractivity (Wildman–Crippen MR) is 77.1 cm³/mol. The van der Waals surface area contributed by atoms with E-state index in [1.165, 1.54) is 6.07 Å². The average Bonchev–Trinajstić information content (AvgIpc) is 2.45. The Morgan fingerprint density at radius 1 is 1.14 bits per heavy atom. The molecule has 2 aromatic rings. The molecule has 0 saturated heterocycles. The normalized spacial score (nSPS) is 10.6. The maximum absolute atomic E-state index is 11.9. The molecule has 0 atom stereocenters. The second-order valence-corrected chi connectivity index (χ2v) is 4.80. The average molecular weight is 288 g/mol. The molecule has 5 nitrogen and oxygen atoms in total. The van der Waals surface area contributed by atoms with Gasteiger partial charge in [0.15, 0.2) is 6.61 Å². The van der Waals surface area contributed by atoms with Crippen molar-refractivity contribution in [3.8, 4) is 5.75 Å². The number of hydrogen-bond acceptors (Lipinski definition) is 5. The van der Waals surface area contributed by atoms with Gasteiger partial charge in [-0.05, 0) is 25.3 Å². The maximum Gasteiger partial charge on any atom is 0.344 e. The minimum absolute atomic E-state index is 0.0195. The molecule has 0 bridgehead atoms. The first-order valence-corrected chi connectivity index (χ1v) is 6.56. The van der Waals surface area contributed by atoms with Gasteiger partial charge >= 0.3 is 11.9 Å². The van der Waals surface area contributed by atoms with Gasteiger partial charge in [-0.3, -0.25) is 0 Å². The van der Waals surface area contributed by atoms with Gasteiger partial charge in [-0.1, -0.05) is 30.3 Å². The SMILES string of the molecule is CC(C)OC(=O)COC(=O)c1ccc2ccccc2c1O. The number of phenolic OH excluding ortho intramolecular Hbond substituents is 1. The lowest BCUT2D eigenvalue weighted by atomic mass is 10.1. The van der Waals surface area contributed by atoms with Crippen molar-refractivity contribution < 1.29 is 24.2 Å². The van der Waals surface area contributed by atoms with Gasteiger partial charge in [0.2, 0.25) is 0 Å². The molecule has 110 valence electrons. The van der Waals surface area contributed by atoms with Gasteiger partial charge in [-0.2, -0.15) is 0 Å². The first kappa shape index (κ1) is 14.8. The monoisotopic (exact) mass is 288 g/mol. The highest BCUT2D eigenvalue weighted by atomic mass is 16.6. The Kier molecular flexibility index (Phi) is 4.42. The number of esters is 2. The summed E-state index contributed by atoms with van der Waals surface area (Å²) < 4.78 is 9.71. The molecule has 0 unspecified atom stereocenters. The molecule has 0 aromatic heterocycles. The van der Waals surface area contributed by atoms with Crippen LogP contribution in [0.1, 0.15) is 24.2 Å². The summed E-state index contributed by atoms with van der Waals surface area (Å²) in [7, 11) is 0. The number of carbonyl (C=O) groups is 2. The van der Waals surface area contributed by atoms with Crippen LogP contribution in [-0.2, 0) is 14.3 Å². The molecule has 0 radical (unpaired) electrons. The summed E-state index contributed by atoms with van der Waals surface area (Å²) in [6, 6.07) is 10.3. The maximum atomic E-state index is 11.9. The van der Waals surface area contributed by atoms with E-state index < -0.39 is 18.5 Å². The predicted octanol–water partition coefficient (Wildman–Crippen LogP) is 2.65. The molecule has 0 saturated carbocycles. The van der Waals surface area contributed by atoms with Crippen molar-refractivity contribution in [3.63, 3.8) is 0 Å². The van der Waals surface area contributed by atoms with Gasteiger partial charge in [-0.15, -0.1) is 0 Å². The Balaban J connectivity index is 2.13. The van der Waals surface area contributed by atoms with Gasteiger partial charge in [0.05, 0.1) is 6.10 Å². The highest BCUT2D eigenvalue weighted by Crippen LogP contribution is 2.28. The number of hydrogen-bond donors (Lipinski definition) is 1. The Labute approximate surface area is 122 Å². The Morgan fingerprint density at radius 3 is 2.57 bits per heavy atom. The molecule has 2 aromatic carbocycles. The van der Waals surface area contributed by atoms with Crippen LogP contribution in [0, 0.1) is 0 Å². The van der Waals surface area contributed by atoms with Crippen molar-refractivity contribution in [3.05, 3.63) is 42.0 Å². The van der Waals surface area contributed by atoms with Gasteiger partial charge < -0.3 is 14.6 Å².